The fourth-order valence-electron chi connectivity index (χ4n) is 1.86. The molecule has 0 N–H and O–H groups in total. The topological polar surface area (TPSA) is 38.8 Å². The zero-order valence-electron chi connectivity index (χ0n) is 10.6. The van der Waals surface area contributed by atoms with Gasteiger partial charge in [0.05, 0.1) is 18.8 Å². The normalized spacial score (nSPS) is 15.1. The summed E-state index contributed by atoms with van der Waals surface area (Å²) in [5.74, 6) is -0.393. The molecule has 1 heterocycles. The summed E-state index contributed by atoms with van der Waals surface area (Å²) in [7, 11) is 0. The predicted molar refractivity (Wildman–Crippen MR) is 74.7 cm³/mol. The van der Waals surface area contributed by atoms with Crippen molar-refractivity contribution in [1.82, 2.24) is 0 Å². The average molecular weight is 282 g/mol. The zero-order chi connectivity index (χ0) is 13.7. The van der Waals surface area contributed by atoms with E-state index in [2.05, 4.69) is 11.5 Å². The van der Waals surface area contributed by atoms with Crippen molar-refractivity contribution in [1.29, 1.82) is 0 Å². The van der Waals surface area contributed by atoms with Crippen LogP contribution in [-0.4, -0.2) is 38.9 Å². The van der Waals surface area contributed by atoms with Gasteiger partial charge < -0.3 is 14.4 Å². The van der Waals surface area contributed by atoms with E-state index in [1.807, 2.05) is 12.1 Å². The summed E-state index contributed by atoms with van der Waals surface area (Å²) in [5, 5.41) is 0.304. The largest absolute Gasteiger partial charge is 0.456 e. The number of morpholine rings is 1. The zero-order valence-corrected chi connectivity index (χ0v) is 11.4. The number of carbonyl (C=O) groups excluding carboxylic acids is 1. The summed E-state index contributed by atoms with van der Waals surface area (Å²) >= 11 is 5.55. The molecule has 1 fully saturated rings. The van der Waals surface area contributed by atoms with Crippen molar-refractivity contribution in [2.45, 2.75) is 0 Å². The number of hydrogen-bond donors (Lipinski definition) is 0. The number of ether oxygens (including phenoxy) is 2. The van der Waals surface area contributed by atoms with Crippen molar-refractivity contribution < 1.29 is 14.3 Å². The molecule has 1 aliphatic heterocycles. The van der Waals surface area contributed by atoms with E-state index in [9.17, 15) is 4.79 Å². The van der Waals surface area contributed by atoms with Crippen LogP contribution < -0.4 is 4.90 Å². The number of anilines is 1. The summed E-state index contributed by atoms with van der Waals surface area (Å²) < 4.78 is 10.3. The SMILES string of the molecule is C=C(Cl)COC(=O)c1ccc(N2CCOCC2)cc1. The second-order valence-corrected chi connectivity index (χ2v) is 4.77. The molecule has 0 radical (unpaired) electrons. The van der Waals surface area contributed by atoms with Gasteiger partial charge in [-0.15, -0.1) is 0 Å². The highest BCUT2D eigenvalue weighted by atomic mass is 35.5. The minimum Gasteiger partial charge on any atom is -0.456 e. The van der Waals surface area contributed by atoms with Gasteiger partial charge in [0.1, 0.15) is 6.61 Å². The Morgan fingerprint density at radius 1 is 1.32 bits per heavy atom. The Balaban J connectivity index is 1.97. The highest BCUT2D eigenvalue weighted by Gasteiger charge is 2.12. The van der Waals surface area contributed by atoms with E-state index >= 15 is 0 Å². The molecule has 19 heavy (non-hydrogen) atoms. The van der Waals surface area contributed by atoms with Gasteiger partial charge in [-0.2, -0.15) is 0 Å². The molecule has 0 amide bonds. The molecule has 0 spiro atoms. The van der Waals surface area contributed by atoms with E-state index in [0.717, 1.165) is 32.0 Å². The van der Waals surface area contributed by atoms with Crippen LogP contribution in [0.3, 0.4) is 0 Å². The Hall–Kier alpha value is -1.52. The third kappa shape index (κ3) is 3.98. The van der Waals surface area contributed by atoms with Crippen LogP contribution in [0.4, 0.5) is 5.69 Å². The molecule has 0 aliphatic carbocycles. The second kappa shape index (κ2) is 6.59. The van der Waals surface area contributed by atoms with Gasteiger partial charge in [0.2, 0.25) is 0 Å². The number of esters is 1. The van der Waals surface area contributed by atoms with Gasteiger partial charge in [-0.25, -0.2) is 4.79 Å². The molecule has 0 aromatic heterocycles. The number of rotatable bonds is 4. The Morgan fingerprint density at radius 3 is 2.53 bits per heavy atom. The van der Waals surface area contributed by atoms with Crippen LogP contribution in [0.1, 0.15) is 10.4 Å². The number of nitrogens with zero attached hydrogens (tertiary/aromatic N) is 1. The minimum absolute atomic E-state index is 0.0333. The van der Waals surface area contributed by atoms with Gasteiger partial charge in [-0.3, -0.25) is 0 Å². The molecular formula is C14H16ClNO3. The average Bonchev–Trinajstić information content (AvgIpc) is 2.46. The monoisotopic (exact) mass is 281 g/mol. The van der Waals surface area contributed by atoms with Crippen LogP contribution in [0.5, 0.6) is 0 Å². The van der Waals surface area contributed by atoms with Crippen LogP contribution in [0.2, 0.25) is 0 Å². The van der Waals surface area contributed by atoms with E-state index in [0.29, 0.717) is 10.6 Å². The number of hydrogen-bond acceptors (Lipinski definition) is 4. The highest BCUT2D eigenvalue weighted by molar-refractivity contribution is 6.29. The van der Waals surface area contributed by atoms with Crippen LogP contribution in [-0.2, 0) is 9.47 Å². The van der Waals surface area contributed by atoms with Gasteiger partial charge in [-0.1, -0.05) is 18.2 Å². The van der Waals surface area contributed by atoms with Gasteiger partial charge in [-0.05, 0) is 24.3 Å². The number of carbonyl (C=O) groups is 1. The molecule has 0 unspecified atom stereocenters. The predicted octanol–water partition coefficient (Wildman–Crippen LogP) is 2.43. The van der Waals surface area contributed by atoms with E-state index in [-0.39, 0.29) is 6.61 Å². The van der Waals surface area contributed by atoms with Crippen molar-refractivity contribution in [2.75, 3.05) is 37.8 Å². The first-order valence-electron chi connectivity index (χ1n) is 6.10. The molecule has 5 heteroatoms. The second-order valence-electron chi connectivity index (χ2n) is 4.24. The van der Waals surface area contributed by atoms with Crippen molar-refractivity contribution in [3.63, 3.8) is 0 Å². The Morgan fingerprint density at radius 2 is 1.95 bits per heavy atom. The first kappa shape index (κ1) is 13.9. The van der Waals surface area contributed by atoms with Crippen LogP contribution >= 0.6 is 11.6 Å². The lowest BCUT2D eigenvalue weighted by atomic mass is 10.2. The molecule has 1 aromatic rings. The third-order valence-corrected chi connectivity index (χ3v) is 2.95. The van der Waals surface area contributed by atoms with Gasteiger partial charge >= 0.3 is 5.97 Å². The molecule has 2 rings (SSSR count). The van der Waals surface area contributed by atoms with E-state index in [1.54, 1.807) is 12.1 Å². The van der Waals surface area contributed by atoms with E-state index in [1.165, 1.54) is 0 Å². The fraction of sp³-hybridized carbons (Fsp3) is 0.357. The van der Waals surface area contributed by atoms with Gasteiger partial charge in [0, 0.05) is 23.8 Å². The lowest BCUT2D eigenvalue weighted by Gasteiger charge is -2.28. The van der Waals surface area contributed by atoms with Crippen LogP contribution in [0.15, 0.2) is 35.9 Å². The van der Waals surface area contributed by atoms with E-state index < -0.39 is 5.97 Å². The summed E-state index contributed by atoms with van der Waals surface area (Å²) in [6.07, 6.45) is 0. The summed E-state index contributed by atoms with van der Waals surface area (Å²) in [6, 6.07) is 7.34. The summed E-state index contributed by atoms with van der Waals surface area (Å²) in [4.78, 5) is 13.9. The Bertz CT molecular complexity index is 452. The van der Waals surface area contributed by atoms with Crippen molar-refractivity contribution in [3.05, 3.63) is 41.4 Å². The lowest BCUT2D eigenvalue weighted by molar-refractivity contribution is 0.0546. The molecule has 0 atom stereocenters. The van der Waals surface area contributed by atoms with Gasteiger partial charge in [0.25, 0.3) is 0 Å². The molecule has 0 saturated carbocycles. The highest BCUT2D eigenvalue weighted by Crippen LogP contribution is 2.17. The van der Waals surface area contributed by atoms with Crippen molar-refractivity contribution in [2.24, 2.45) is 0 Å². The first-order chi connectivity index (χ1) is 9.16. The van der Waals surface area contributed by atoms with Crippen LogP contribution in [0.25, 0.3) is 0 Å². The first-order valence-corrected chi connectivity index (χ1v) is 6.48. The molecule has 1 aromatic carbocycles. The number of benzene rings is 1. The molecule has 4 nitrogen and oxygen atoms in total. The van der Waals surface area contributed by atoms with E-state index in [4.69, 9.17) is 21.1 Å². The third-order valence-electron chi connectivity index (χ3n) is 2.84. The maximum absolute atomic E-state index is 11.7. The molecule has 1 aliphatic rings. The quantitative estimate of drug-likeness (QED) is 0.795. The maximum Gasteiger partial charge on any atom is 0.338 e. The van der Waals surface area contributed by atoms with Crippen molar-refractivity contribution >= 4 is 23.3 Å². The lowest BCUT2D eigenvalue weighted by Crippen LogP contribution is -2.36. The van der Waals surface area contributed by atoms with Crippen molar-refractivity contribution in [3.8, 4) is 0 Å². The molecule has 1 saturated heterocycles. The van der Waals surface area contributed by atoms with Gasteiger partial charge in [0.15, 0.2) is 0 Å². The number of halogens is 1. The smallest absolute Gasteiger partial charge is 0.338 e. The molecule has 102 valence electrons. The van der Waals surface area contributed by atoms with Crippen LogP contribution in [0, 0.1) is 0 Å². The summed E-state index contributed by atoms with van der Waals surface area (Å²) in [6.45, 7) is 6.72. The Labute approximate surface area is 117 Å². The summed E-state index contributed by atoms with van der Waals surface area (Å²) in [5.41, 5.74) is 1.59. The maximum atomic E-state index is 11.7. The minimum atomic E-state index is -0.393. The Kier molecular flexibility index (Phi) is 4.82. The molecular weight excluding hydrogens is 266 g/mol. The molecule has 0 bridgehead atoms. The standard InChI is InChI=1S/C14H16ClNO3/c1-11(15)10-19-14(17)12-2-4-13(5-3-12)16-6-8-18-9-7-16/h2-5H,1,6-10H2. The fourth-order valence-corrected chi connectivity index (χ4v) is 1.91.